The molecule has 2 unspecified atom stereocenters. The van der Waals surface area contributed by atoms with Gasteiger partial charge in [0.1, 0.15) is 5.82 Å². The van der Waals surface area contributed by atoms with Crippen LogP contribution in [0.2, 0.25) is 0 Å². The van der Waals surface area contributed by atoms with Crippen molar-refractivity contribution in [1.82, 2.24) is 20.1 Å². The molecule has 0 aromatic carbocycles. The van der Waals surface area contributed by atoms with Crippen molar-refractivity contribution in [3.8, 4) is 0 Å². The standard InChI is InChI=1S/C14H26N4/c1-4-9-15-11-7-8-12(10-11)18-14(6-3)16-13(5-2)17-18/h11-12,15H,4-10H2,1-3H3. The molecule has 1 aromatic rings. The SMILES string of the molecule is CCCNC1CCC(n2nc(CC)nc2CC)C1. The molecule has 0 radical (unpaired) electrons. The maximum absolute atomic E-state index is 4.67. The van der Waals surface area contributed by atoms with E-state index in [4.69, 9.17) is 0 Å². The summed E-state index contributed by atoms with van der Waals surface area (Å²) in [7, 11) is 0. The molecule has 0 aliphatic heterocycles. The first-order valence-electron chi connectivity index (χ1n) is 7.46. The van der Waals surface area contributed by atoms with Gasteiger partial charge in [0.15, 0.2) is 5.82 Å². The third-order valence-corrected chi connectivity index (χ3v) is 3.81. The summed E-state index contributed by atoms with van der Waals surface area (Å²) in [6.07, 6.45) is 6.85. The molecule has 1 heterocycles. The van der Waals surface area contributed by atoms with Crippen LogP contribution in [0.25, 0.3) is 0 Å². The fourth-order valence-corrected chi connectivity index (χ4v) is 2.80. The maximum Gasteiger partial charge on any atom is 0.150 e. The molecule has 2 rings (SSSR count). The number of aromatic nitrogens is 3. The molecule has 102 valence electrons. The van der Waals surface area contributed by atoms with Gasteiger partial charge in [0.05, 0.1) is 6.04 Å². The molecule has 0 bridgehead atoms. The van der Waals surface area contributed by atoms with Crippen LogP contribution in [0.5, 0.6) is 0 Å². The fraction of sp³-hybridized carbons (Fsp3) is 0.857. The van der Waals surface area contributed by atoms with Crippen molar-refractivity contribution in [3.05, 3.63) is 11.6 Å². The lowest BCUT2D eigenvalue weighted by Gasteiger charge is -2.14. The van der Waals surface area contributed by atoms with Crippen molar-refractivity contribution in [2.24, 2.45) is 0 Å². The highest BCUT2D eigenvalue weighted by atomic mass is 15.4. The van der Waals surface area contributed by atoms with E-state index in [0.717, 1.165) is 31.0 Å². The van der Waals surface area contributed by atoms with E-state index in [1.807, 2.05) is 0 Å². The Labute approximate surface area is 110 Å². The zero-order valence-corrected chi connectivity index (χ0v) is 11.9. The summed E-state index contributed by atoms with van der Waals surface area (Å²) in [6, 6.07) is 1.23. The van der Waals surface area contributed by atoms with Crippen LogP contribution < -0.4 is 5.32 Å². The van der Waals surface area contributed by atoms with Gasteiger partial charge in [-0.1, -0.05) is 20.8 Å². The van der Waals surface area contributed by atoms with Gasteiger partial charge < -0.3 is 5.32 Å². The van der Waals surface area contributed by atoms with Crippen LogP contribution in [0.4, 0.5) is 0 Å². The Bertz CT molecular complexity index is 372. The summed E-state index contributed by atoms with van der Waals surface area (Å²) >= 11 is 0. The molecule has 18 heavy (non-hydrogen) atoms. The Hall–Kier alpha value is -0.900. The van der Waals surface area contributed by atoms with Gasteiger partial charge in [0.25, 0.3) is 0 Å². The predicted molar refractivity (Wildman–Crippen MR) is 73.7 cm³/mol. The molecule has 1 saturated carbocycles. The van der Waals surface area contributed by atoms with E-state index >= 15 is 0 Å². The number of hydrogen-bond acceptors (Lipinski definition) is 3. The molecule has 0 saturated heterocycles. The first-order chi connectivity index (χ1) is 8.78. The third kappa shape index (κ3) is 2.91. The highest BCUT2D eigenvalue weighted by Gasteiger charge is 2.27. The number of aryl methyl sites for hydroxylation is 2. The second-order valence-corrected chi connectivity index (χ2v) is 5.21. The predicted octanol–water partition coefficient (Wildman–Crippen LogP) is 2.50. The summed E-state index contributed by atoms with van der Waals surface area (Å²) in [5.41, 5.74) is 0. The molecule has 1 fully saturated rings. The molecule has 4 nitrogen and oxygen atoms in total. The average Bonchev–Trinajstić information content (AvgIpc) is 3.02. The lowest BCUT2D eigenvalue weighted by Crippen LogP contribution is -2.27. The van der Waals surface area contributed by atoms with Crippen LogP contribution in [0.3, 0.4) is 0 Å². The summed E-state index contributed by atoms with van der Waals surface area (Å²) < 4.78 is 2.20. The zero-order chi connectivity index (χ0) is 13.0. The summed E-state index contributed by atoms with van der Waals surface area (Å²) in [5, 5.41) is 8.30. The molecule has 1 aliphatic carbocycles. The van der Waals surface area contributed by atoms with E-state index < -0.39 is 0 Å². The lowest BCUT2D eigenvalue weighted by molar-refractivity contribution is 0.426. The topological polar surface area (TPSA) is 42.7 Å². The summed E-state index contributed by atoms with van der Waals surface area (Å²) in [5.74, 6) is 2.16. The van der Waals surface area contributed by atoms with Crippen LogP contribution in [0.15, 0.2) is 0 Å². The Kier molecular flexibility index (Phi) is 4.75. The second-order valence-electron chi connectivity index (χ2n) is 5.21. The first-order valence-corrected chi connectivity index (χ1v) is 7.46. The van der Waals surface area contributed by atoms with Crippen molar-refractivity contribution in [3.63, 3.8) is 0 Å². The van der Waals surface area contributed by atoms with Gasteiger partial charge in [-0.15, -0.1) is 0 Å². The normalized spacial score (nSPS) is 23.7. The van der Waals surface area contributed by atoms with Crippen LogP contribution in [-0.4, -0.2) is 27.4 Å². The number of rotatable bonds is 6. The van der Waals surface area contributed by atoms with Crippen LogP contribution in [-0.2, 0) is 12.8 Å². The highest BCUT2D eigenvalue weighted by Crippen LogP contribution is 2.30. The monoisotopic (exact) mass is 250 g/mol. The minimum Gasteiger partial charge on any atom is -0.314 e. The van der Waals surface area contributed by atoms with Crippen molar-refractivity contribution in [1.29, 1.82) is 0 Å². The zero-order valence-electron chi connectivity index (χ0n) is 11.9. The molecule has 2 atom stereocenters. The Morgan fingerprint density at radius 3 is 2.72 bits per heavy atom. The third-order valence-electron chi connectivity index (χ3n) is 3.81. The average molecular weight is 250 g/mol. The maximum atomic E-state index is 4.67. The molecular weight excluding hydrogens is 224 g/mol. The quantitative estimate of drug-likeness (QED) is 0.843. The molecule has 4 heteroatoms. The van der Waals surface area contributed by atoms with E-state index in [1.165, 1.54) is 25.7 Å². The van der Waals surface area contributed by atoms with Crippen LogP contribution in [0.1, 0.15) is 64.1 Å². The lowest BCUT2D eigenvalue weighted by atomic mass is 10.2. The van der Waals surface area contributed by atoms with E-state index in [0.29, 0.717) is 12.1 Å². The van der Waals surface area contributed by atoms with Crippen LogP contribution in [0, 0.1) is 0 Å². The number of nitrogens with zero attached hydrogens (tertiary/aromatic N) is 3. The van der Waals surface area contributed by atoms with Crippen molar-refractivity contribution >= 4 is 0 Å². The molecule has 1 N–H and O–H groups in total. The fourth-order valence-electron chi connectivity index (χ4n) is 2.80. The first kappa shape index (κ1) is 13.5. The highest BCUT2D eigenvalue weighted by molar-refractivity contribution is 4.97. The van der Waals surface area contributed by atoms with Gasteiger partial charge in [-0.05, 0) is 32.2 Å². The summed E-state index contributed by atoms with van der Waals surface area (Å²) in [4.78, 5) is 4.61. The van der Waals surface area contributed by atoms with E-state index in [1.54, 1.807) is 0 Å². The number of nitrogens with one attached hydrogen (secondary N) is 1. The Morgan fingerprint density at radius 1 is 1.22 bits per heavy atom. The Morgan fingerprint density at radius 2 is 2.06 bits per heavy atom. The van der Waals surface area contributed by atoms with Gasteiger partial charge in [0.2, 0.25) is 0 Å². The van der Waals surface area contributed by atoms with Gasteiger partial charge in [-0.3, -0.25) is 0 Å². The van der Waals surface area contributed by atoms with Gasteiger partial charge >= 0.3 is 0 Å². The van der Waals surface area contributed by atoms with Gasteiger partial charge in [0, 0.05) is 18.9 Å². The minimum atomic E-state index is 0.558. The molecule has 0 spiro atoms. The van der Waals surface area contributed by atoms with E-state index in [2.05, 4.69) is 40.9 Å². The van der Waals surface area contributed by atoms with E-state index in [-0.39, 0.29) is 0 Å². The van der Waals surface area contributed by atoms with Crippen LogP contribution >= 0.6 is 0 Å². The second kappa shape index (κ2) is 6.32. The van der Waals surface area contributed by atoms with E-state index in [9.17, 15) is 0 Å². The van der Waals surface area contributed by atoms with Crippen molar-refractivity contribution < 1.29 is 0 Å². The van der Waals surface area contributed by atoms with Gasteiger partial charge in [-0.2, -0.15) is 5.10 Å². The molecule has 0 amide bonds. The van der Waals surface area contributed by atoms with Crippen molar-refractivity contribution in [2.75, 3.05) is 6.54 Å². The Balaban J connectivity index is 2.01. The smallest absolute Gasteiger partial charge is 0.150 e. The molecule has 1 aliphatic rings. The minimum absolute atomic E-state index is 0.558. The largest absolute Gasteiger partial charge is 0.314 e. The van der Waals surface area contributed by atoms with Gasteiger partial charge in [-0.25, -0.2) is 9.67 Å². The molecular formula is C14H26N4. The van der Waals surface area contributed by atoms with Crippen molar-refractivity contribution in [2.45, 2.75) is 71.4 Å². The number of hydrogen-bond donors (Lipinski definition) is 1. The molecule has 1 aromatic heterocycles. The summed E-state index contributed by atoms with van der Waals surface area (Å²) in [6.45, 7) is 7.65.